The Morgan fingerprint density at radius 1 is 1.19 bits per heavy atom. The molecule has 1 aromatic carbocycles. The summed E-state index contributed by atoms with van der Waals surface area (Å²) in [6.45, 7) is 5.35. The standard InChI is InChI=1S/C18H21ClN6OS/c1-11-15(27-12(2)23-11)10-22-18(20-3)21-9-8-16-24-17(25-26-16)13-4-6-14(19)7-5-13/h4-7H,8-10H2,1-3H3,(H2,20,21,22). The summed E-state index contributed by atoms with van der Waals surface area (Å²) in [6, 6.07) is 7.33. The maximum atomic E-state index is 5.90. The number of thiazole rings is 1. The van der Waals surface area contributed by atoms with Crippen LogP contribution >= 0.6 is 22.9 Å². The summed E-state index contributed by atoms with van der Waals surface area (Å²) >= 11 is 7.59. The minimum Gasteiger partial charge on any atom is -0.356 e. The Morgan fingerprint density at radius 3 is 2.63 bits per heavy atom. The molecule has 0 saturated carbocycles. The fraction of sp³-hybridized carbons (Fsp3) is 0.333. The highest BCUT2D eigenvalue weighted by molar-refractivity contribution is 7.11. The van der Waals surface area contributed by atoms with Crippen molar-refractivity contribution >= 4 is 28.9 Å². The van der Waals surface area contributed by atoms with Crippen LogP contribution < -0.4 is 10.6 Å². The number of guanidine groups is 1. The van der Waals surface area contributed by atoms with Gasteiger partial charge in [-0.05, 0) is 38.1 Å². The third-order valence-electron chi connectivity index (χ3n) is 3.84. The number of hydrogen-bond donors (Lipinski definition) is 2. The first-order valence-corrected chi connectivity index (χ1v) is 9.70. The van der Waals surface area contributed by atoms with Gasteiger partial charge in [-0.1, -0.05) is 16.8 Å². The van der Waals surface area contributed by atoms with Crippen LogP contribution in [0.5, 0.6) is 0 Å². The Labute approximate surface area is 166 Å². The second-order valence-corrected chi connectivity index (χ2v) is 7.59. The van der Waals surface area contributed by atoms with Crippen molar-refractivity contribution in [1.29, 1.82) is 0 Å². The molecular weight excluding hydrogens is 384 g/mol. The van der Waals surface area contributed by atoms with E-state index in [-0.39, 0.29) is 0 Å². The van der Waals surface area contributed by atoms with Crippen LogP contribution in [0, 0.1) is 13.8 Å². The van der Waals surface area contributed by atoms with E-state index < -0.39 is 0 Å². The number of aliphatic imine (C=N–C) groups is 1. The van der Waals surface area contributed by atoms with E-state index in [1.807, 2.05) is 26.0 Å². The summed E-state index contributed by atoms with van der Waals surface area (Å²) in [6.07, 6.45) is 0.597. The lowest BCUT2D eigenvalue weighted by molar-refractivity contribution is 0.378. The smallest absolute Gasteiger partial charge is 0.228 e. The number of nitrogens with one attached hydrogen (secondary N) is 2. The van der Waals surface area contributed by atoms with Crippen molar-refractivity contribution in [3.05, 3.63) is 50.8 Å². The van der Waals surface area contributed by atoms with E-state index in [2.05, 4.69) is 30.8 Å². The first-order chi connectivity index (χ1) is 13.0. The molecular formula is C18H21ClN6OS. The molecule has 3 aromatic rings. The minimum absolute atomic E-state index is 0.556. The molecule has 0 spiro atoms. The van der Waals surface area contributed by atoms with Crippen LogP contribution in [-0.2, 0) is 13.0 Å². The van der Waals surface area contributed by atoms with Gasteiger partial charge in [0.25, 0.3) is 0 Å². The van der Waals surface area contributed by atoms with Crippen LogP contribution in [0.2, 0.25) is 5.02 Å². The first-order valence-electron chi connectivity index (χ1n) is 8.51. The number of aryl methyl sites for hydroxylation is 2. The highest BCUT2D eigenvalue weighted by atomic mass is 35.5. The topological polar surface area (TPSA) is 88.2 Å². The van der Waals surface area contributed by atoms with Gasteiger partial charge >= 0.3 is 0 Å². The van der Waals surface area contributed by atoms with Crippen molar-refractivity contribution in [2.45, 2.75) is 26.8 Å². The van der Waals surface area contributed by atoms with E-state index in [1.165, 1.54) is 4.88 Å². The van der Waals surface area contributed by atoms with Crippen molar-refractivity contribution in [2.75, 3.05) is 13.6 Å². The zero-order chi connectivity index (χ0) is 19.2. The third kappa shape index (κ3) is 5.27. The van der Waals surface area contributed by atoms with E-state index in [1.54, 1.807) is 30.5 Å². The summed E-state index contributed by atoms with van der Waals surface area (Å²) in [4.78, 5) is 14.3. The Hall–Kier alpha value is -2.45. The number of nitrogens with zero attached hydrogens (tertiary/aromatic N) is 4. The largest absolute Gasteiger partial charge is 0.356 e. The molecule has 142 valence electrons. The monoisotopic (exact) mass is 404 g/mol. The molecule has 0 saturated heterocycles. The zero-order valence-corrected chi connectivity index (χ0v) is 17.0. The zero-order valence-electron chi connectivity index (χ0n) is 15.4. The predicted octanol–water partition coefficient (Wildman–Crippen LogP) is 3.37. The van der Waals surface area contributed by atoms with Crippen molar-refractivity contribution in [1.82, 2.24) is 25.8 Å². The maximum Gasteiger partial charge on any atom is 0.228 e. The summed E-state index contributed by atoms with van der Waals surface area (Å²) in [7, 11) is 1.74. The van der Waals surface area contributed by atoms with Crippen LogP contribution in [0.4, 0.5) is 0 Å². The van der Waals surface area contributed by atoms with E-state index in [0.717, 1.165) is 22.2 Å². The van der Waals surface area contributed by atoms with Crippen LogP contribution in [-0.4, -0.2) is 34.7 Å². The van der Waals surface area contributed by atoms with E-state index >= 15 is 0 Å². The second kappa shape index (κ2) is 8.96. The third-order valence-corrected chi connectivity index (χ3v) is 5.17. The van der Waals surface area contributed by atoms with Gasteiger partial charge in [0.2, 0.25) is 11.7 Å². The molecule has 2 heterocycles. The molecule has 9 heteroatoms. The lowest BCUT2D eigenvalue weighted by Gasteiger charge is -2.10. The van der Waals surface area contributed by atoms with Gasteiger partial charge in [0.05, 0.1) is 17.2 Å². The molecule has 27 heavy (non-hydrogen) atoms. The van der Waals surface area contributed by atoms with Gasteiger partial charge in [-0.2, -0.15) is 4.98 Å². The Bertz CT molecular complexity index is 918. The lowest BCUT2D eigenvalue weighted by Crippen LogP contribution is -2.37. The summed E-state index contributed by atoms with van der Waals surface area (Å²) in [5.41, 5.74) is 1.93. The Kier molecular flexibility index (Phi) is 6.41. The van der Waals surface area contributed by atoms with Crippen LogP contribution in [0.25, 0.3) is 11.4 Å². The SMILES string of the molecule is CN=C(NCCc1nc(-c2ccc(Cl)cc2)no1)NCc1sc(C)nc1C. The molecule has 2 aromatic heterocycles. The van der Waals surface area contributed by atoms with Gasteiger partial charge in [0.15, 0.2) is 5.96 Å². The second-order valence-electron chi connectivity index (χ2n) is 5.86. The summed E-state index contributed by atoms with van der Waals surface area (Å²) in [5.74, 6) is 1.84. The molecule has 3 rings (SSSR count). The molecule has 0 atom stereocenters. The fourth-order valence-electron chi connectivity index (χ4n) is 2.48. The number of hydrogen-bond acceptors (Lipinski definition) is 6. The Balaban J connectivity index is 1.48. The molecule has 0 aliphatic carbocycles. The van der Waals surface area contributed by atoms with Gasteiger partial charge in [-0.15, -0.1) is 11.3 Å². The first kappa shape index (κ1) is 19.3. The number of aromatic nitrogens is 3. The summed E-state index contributed by atoms with van der Waals surface area (Å²) in [5, 5.41) is 12.3. The average Bonchev–Trinajstić information content (AvgIpc) is 3.24. The van der Waals surface area contributed by atoms with Gasteiger partial charge in [-0.3, -0.25) is 4.99 Å². The molecule has 0 amide bonds. The maximum absolute atomic E-state index is 5.90. The van der Waals surface area contributed by atoms with Gasteiger partial charge < -0.3 is 15.2 Å². The lowest BCUT2D eigenvalue weighted by atomic mass is 10.2. The fourth-order valence-corrected chi connectivity index (χ4v) is 3.49. The van der Waals surface area contributed by atoms with E-state index in [9.17, 15) is 0 Å². The van der Waals surface area contributed by atoms with Crippen molar-refractivity contribution in [3.63, 3.8) is 0 Å². The molecule has 2 N–H and O–H groups in total. The predicted molar refractivity (Wildman–Crippen MR) is 108 cm³/mol. The van der Waals surface area contributed by atoms with E-state index in [4.69, 9.17) is 16.1 Å². The van der Waals surface area contributed by atoms with Crippen molar-refractivity contribution in [3.8, 4) is 11.4 Å². The van der Waals surface area contributed by atoms with Crippen molar-refractivity contribution in [2.24, 2.45) is 4.99 Å². The highest BCUT2D eigenvalue weighted by Gasteiger charge is 2.09. The molecule has 7 nitrogen and oxygen atoms in total. The van der Waals surface area contributed by atoms with Gasteiger partial charge in [0.1, 0.15) is 0 Å². The normalized spacial score (nSPS) is 11.6. The quantitative estimate of drug-likeness (QED) is 0.483. The van der Waals surface area contributed by atoms with E-state index in [0.29, 0.717) is 36.2 Å². The van der Waals surface area contributed by atoms with Crippen LogP contribution in [0.15, 0.2) is 33.8 Å². The van der Waals surface area contributed by atoms with Crippen LogP contribution in [0.1, 0.15) is 21.5 Å². The van der Waals surface area contributed by atoms with Gasteiger partial charge in [-0.25, -0.2) is 4.98 Å². The van der Waals surface area contributed by atoms with Gasteiger partial charge in [0, 0.05) is 35.5 Å². The molecule has 0 fully saturated rings. The summed E-state index contributed by atoms with van der Waals surface area (Å²) < 4.78 is 5.31. The Morgan fingerprint density at radius 2 is 1.96 bits per heavy atom. The number of benzene rings is 1. The number of halogens is 1. The highest BCUT2D eigenvalue weighted by Crippen LogP contribution is 2.19. The minimum atomic E-state index is 0.556. The average molecular weight is 405 g/mol. The number of rotatable bonds is 6. The molecule has 0 bridgehead atoms. The van der Waals surface area contributed by atoms with Crippen LogP contribution in [0.3, 0.4) is 0 Å². The molecule has 0 unspecified atom stereocenters. The van der Waals surface area contributed by atoms with Crippen molar-refractivity contribution < 1.29 is 4.52 Å². The molecule has 0 aliphatic heterocycles. The molecule has 0 aliphatic rings. The molecule has 0 radical (unpaired) electrons.